The van der Waals surface area contributed by atoms with Crippen molar-refractivity contribution in [2.75, 3.05) is 5.32 Å². The molecule has 28 heavy (non-hydrogen) atoms. The van der Waals surface area contributed by atoms with Crippen LogP contribution in [0, 0.1) is 6.92 Å². The number of nitrogens with zero attached hydrogens (tertiary/aromatic N) is 2. The minimum atomic E-state index is -0.381. The number of aryl methyl sites for hydroxylation is 1. The second-order valence-corrected chi connectivity index (χ2v) is 8.39. The highest BCUT2D eigenvalue weighted by atomic mass is 32.2. The number of carbonyl (C=O) groups is 1. The highest BCUT2D eigenvalue weighted by Gasteiger charge is 2.14. The third-order valence-electron chi connectivity index (χ3n) is 4.10. The second kappa shape index (κ2) is 7.95. The monoisotopic (exact) mass is 408 g/mol. The molecule has 0 radical (unpaired) electrons. The fourth-order valence-electron chi connectivity index (χ4n) is 2.70. The number of aromatic nitrogens is 3. The highest BCUT2D eigenvalue weighted by molar-refractivity contribution is 8.00. The first kappa shape index (κ1) is 18.4. The minimum absolute atomic E-state index is 0.309. The van der Waals surface area contributed by atoms with Gasteiger partial charge in [-0.05, 0) is 18.6 Å². The first-order valence-electron chi connectivity index (χ1n) is 8.54. The van der Waals surface area contributed by atoms with Crippen LogP contribution in [0.2, 0.25) is 0 Å². The Bertz CT molecular complexity index is 1200. The van der Waals surface area contributed by atoms with E-state index in [0.29, 0.717) is 21.6 Å². The Kier molecular flexibility index (Phi) is 5.23. The maximum atomic E-state index is 12.7. The van der Waals surface area contributed by atoms with Gasteiger partial charge in [-0.1, -0.05) is 71.1 Å². The van der Waals surface area contributed by atoms with Gasteiger partial charge < -0.3 is 4.98 Å². The average molecular weight is 409 g/mol. The van der Waals surface area contributed by atoms with Gasteiger partial charge in [-0.2, -0.15) is 0 Å². The number of rotatable bonds is 5. The van der Waals surface area contributed by atoms with Crippen LogP contribution in [0.3, 0.4) is 0 Å². The van der Waals surface area contributed by atoms with Crippen LogP contribution >= 0.6 is 23.1 Å². The molecule has 6 nitrogen and oxygen atoms in total. The van der Waals surface area contributed by atoms with Gasteiger partial charge in [0.05, 0.1) is 5.56 Å². The Morgan fingerprint density at radius 3 is 2.75 bits per heavy atom. The number of hydrogen-bond acceptors (Lipinski definition) is 6. The summed E-state index contributed by atoms with van der Waals surface area (Å²) in [6.45, 7) is 2.06. The van der Waals surface area contributed by atoms with E-state index in [1.54, 1.807) is 23.9 Å². The molecular formula is C20H16N4O2S2. The van der Waals surface area contributed by atoms with E-state index >= 15 is 0 Å². The Hall–Kier alpha value is -2.97. The molecule has 2 aromatic heterocycles. The Balaban J connectivity index is 1.47. The molecule has 0 aliphatic rings. The van der Waals surface area contributed by atoms with E-state index in [2.05, 4.69) is 51.7 Å². The van der Waals surface area contributed by atoms with E-state index in [-0.39, 0.29) is 11.5 Å². The summed E-state index contributed by atoms with van der Waals surface area (Å²) in [4.78, 5) is 27.2. The van der Waals surface area contributed by atoms with Crippen LogP contribution in [0.1, 0.15) is 21.5 Å². The van der Waals surface area contributed by atoms with Crippen LogP contribution in [0.25, 0.3) is 10.9 Å². The minimum Gasteiger partial charge on any atom is -0.322 e. The number of aromatic amines is 1. The van der Waals surface area contributed by atoms with Gasteiger partial charge in [0.15, 0.2) is 4.34 Å². The summed E-state index contributed by atoms with van der Waals surface area (Å²) in [6.07, 6.45) is 0. The molecule has 0 unspecified atom stereocenters. The van der Waals surface area contributed by atoms with E-state index < -0.39 is 0 Å². The topological polar surface area (TPSA) is 87.7 Å². The zero-order chi connectivity index (χ0) is 19.5. The largest absolute Gasteiger partial charge is 0.322 e. The van der Waals surface area contributed by atoms with Crippen LogP contribution in [0.15, 0.2) is 63.7 Å². The smallest absolute Gasteiger partial charge is 0.258 e. The quantitative estimate of drug-likeness (QED) is 0.381. The summed E-state index contributed by atoms with van der Waals surface area (Å²) < 4.78 is 0.770. The molecule has 2 heterocycles. The molecule has 140 valence electrons. The number of carbonyl (C=O) groups excluding carboxylic acids is 1. The molecule has 0 aliphatic carbocycles. The third kappa shape index (κ3) is 4.13. The van der Waals surface area contributed by atoms with Crippen molar-refractivity contribution in [2.24, 2.45) is 0 Å². The molecule has 0 atom stereocenters. The molecule has 0 fully saturated rings. The number of H-pyrrole nitrogens is 1. The summed E-state index contributed by atoms with van der Waals surface area (Å²) in [7, 11) is 0. The van der Waals surface area contributed by atoms with Crippen molar-refractivity contribution in [1.29, 1.82) is 0 Å². The van der Waals surface area contributed by atoms with Crippen molar-refractivity contribution < 1.29 is 4.79 Å². The fraction of sp³-hybridized carbons (Fsp3) is 0.100. The normalized spacial score (nSPS) is 10.9. The van der Waals surface area contributed by atoms with E-state index in [4.69, 9.17) is 0 Å². The molecule has 4 aromatic rings. The third-order valence-corrected chi connectivity index (χ3v) is 6.15. The number of amides is 1. The summed E-state index contributed by atoms with van der Waals surface area (Å²) >= 11 is 2.88. The van der Waals surface area contributed by atoms with E-state index in [0.717, 1.165) is 10.1 Å². The first-order chi connectivity index (χ1) is 13.6. The van der Waals surface area contributed by atoms with E-state index in [1.165, 1.54) is 28.5 Å². The lowest BCUT2D eigenvalue weighted by molar-refractivity contribution is 0.102. The van der Waals surface area contributed by atoms with Crippen LogP contribution in [-0.2, 0) is 5.75 Å². The molecular weight excluding hydrogens is 392 g/mol. The van der Waals surface area contributed by atoms with E-state index in [9.17, 15) is 9.59 Å². The molecule has 8 heteroatoms. The molecule has 1 amide bonds. The Labute approximate surface area is 169 Å². The van der Waals surface area contributed by atoms with Gasteiger partial charge >= 0.3 is 0 Å². The average Bonchev–Trinajstić information content (AvgIpc) is 3.14. The highest BCUT2D eigenvalue weighted by Crippen LogP contribution is 2.29. The lowest BCUT2D eigenvalue weighted by Crippen LogP contribution is -2.16. The van der Waals surface area contributed by atoms with Gasteiger partial charge in [0.25, 0.3) is 5.91 Å². The van der Waals surface area contributed by atoms with E-state index in [1.807, 2.05) is 12.1 Å². The fourth-order valence-corrected chi connectivity index (χ4v) is 4.41. The van der Waals surface area contributed by atoms with Crippen molar-refractivity contribution in [2.45, 2.75) is 17.0 Å². The number of fused-ring (bicyclic) bond motifs is 1. The Morgan fingerprint density at radius 2 is 1.93 bits per heavy atom. The predicted molar refractivity (Wildman–Crippen MR) is 113 cm³/mol. The van der Waals surface area contributed by atoms with Gasteiger partial charge in [-0.3, -0.25) is 14.9 Å². The first-order valence-corrected chi connectivity index (χ1v) is 10.3. The molecule has 0 bridgehead atoms. The molecule has 2 aromatic carbocycles. The van der Waals surface area contributed by atoms with Crippen molar-refractivity contribution in [3.8, 4) is 0 Å². The van der Waals surface area contributed by atoms with Crippen molar-refractivity contribution in [3.05, 3.63) is 81.6 Å². The summed E-state index contributed by atoms with van der Waals surface area (Å²) in [5.41, 5.74) is 3.03. The SMILES string of the molecule is Cc1ccc(CSc2nnc(NC(=O)c3cc(=O)[nH]c4ccccc34)s2)cc1. The van der Waals surface area contributed by atoms with Gasteiger partial charge in [0, 0.05) is 22.7 Å². The number of thioether (sulfide) groups is 1. The van der Waals surface area contributed by atoms with Crippen LogP contribution < -0.4 is 10.9 Å². The van der Waals surface area contributed by atoms with Gasteiger partial charge in [-0.25, -0.2) is 0 Å². The zero-order valence-corrected chi connectivity index (χ0v) is 16.6. The van der Waals surface area contributed by atoms with Crippen LogP contribution in [0.4, 0.5) is 5.13 Å². The number of benzene rings is 2. The summed E-state index contributed by atoms with van der Waals surface area (Å²) in [5.74, 6) is 0.398. The standard InChI is InChI=1S/C20H16N4O2S2/c1-12-6-8-13(9-7-12)11-27-20-24-23-19(28-20)22-18(26)15-10-17(25)21-16-5-3-2-4-14(15)16/h2-10H,11H2,1H3,(H,21,25)(H,22,23,26). The van der Waals surface area contributed by atoms with Crippen molar-refractivity contribution in [3.63, 3.8) is 0 Å². The van der Waals surface area contributed by atoms with Crippen molar-refractivity contribution >= 4 is 45.0 Å². The number of pyridine rings is 1. The molecule has 0 saturated carbocycles. The van der Waals surface area contributed by atoms with Crippen LogP contribution in [0.5, 0.6) is 0 Å². The zero-order valence-electron chi connectivity index (χ0n) is 14.9. The molecule has 0 saturated heterocycles. The van der Waals surface area contributed by atoms with Gasteiger partial charge in [-0.15, -0.1) is 10.2 Å². The van der Waals surface area contributed by atoms with Crippen molar-refractivity contribution in [1.82, 2.24) is 15.2 Å². The number of hydrogen-bond donors (Lipinski definition) is 2. The maximum Gasteiger partial charge on any atom is 0.258 e. The number of anilines is 1. The van der Waals surface area contributed by atoms with Gasteiger partial charge in [0.1, 0.15) is 0 Å². The second-order valence-electron chi connectivity index (χ2n) is 6.19. The number of nitrogens with one attached hydrogen (secondary N) is 2. The maximum absolute atomic E-state index is 12.7. The van der Waals surface area contributed by atoms with Crippen LogP contribution in [-0.4, -0.2) is 21.1 Å². The molecule has 2 N–H and O–H groups in total. The van der Waals surface area contributed by atoms with Gasteiger partial charge in [0.2, 0.25) is 10.7 Å². The molecule has 0 spiro atoms. The lowest BCUT2D eigenvalue weighted by Gasteiger charge is -2.05. The Morgan fingerprint density at radius 1 is 1.14 bits per heavy atom. The summed E-state index contributed by atoms with van der Waals surface area (Å²) in [5, 5.41) is 12.0. The predicted octanol–water partition coefficient (Wildman–Crippen LogP) is 4.23. The lowest BCUT2D eigenvalue weighted by atomic mass is 10.1. The molecule has 4 rings (SSSR count). The molecule has 0 aliphatic heterocycles. The number of para-hydroxylation sites is 1. The summed E-state index contributed by atoms with van der Waals surface area (Å²) in [6, 6.07) is 16.8.